The van der Waals surface area contributed by atoms with Crippen molar-refractivity contribution in [3.05, 3.63) is 60.2 Å². The molecule has 0 saturated carbocycles. The molecule has 0 atom stereocenters. The lowest BCUT2D eigenvalue weighted by Gasteiger charge is -2.26. The van der Waals surface area contributed by atoms with Crippen LogP contribution >= 0.6 is 0 Å². The molecule has 1 saturated heterocycles. The number of H-pyrrole nitrogens is 1. The summed E-state index contributed by atoms with van der Waals surface area (Å²) in [5.74, 6) is 0.109. The van der Waals surface area contributed by atoms with Crippen LogP contribution in [-0.2, 0) is 11.3 Å². The summed E-state index contributed by atoms with van der Waals surface area (Å²) in [7, 11) is 0. The minimum atomic E-state index is 0.109. The molecule has 2 N–H and O–H groups in total. The zero-order valence-corrected chi connectivity index (χ0v) is 12.9. The van der Waals surface area contributed by atoms with Gasteiger partial charge in [0.25, 0.3) is 0 Å². The highest BCUT2D eigenvalue weighted by Crippen LogP contribution is 2.31. The number of carbonyl (C=O) groups excluding carboxylic acids is 1. The lowest BCUT2D eigenvalue weighted by Crippen LogP contribution is -2.47. The molecule has 1 aromatic heterocycles. The van der Waals surface area contributed by atoms with Gasteiger partial charge in [0.2, 0.25) is 5.91 Å². The van der Waals surface area contributed by atoms with E-state index in [9.17, 15) is 4.79 Å². The molecule has 0 radical (unpaired) electrons. The Balaban J connectivity index is 1.78. The number of nitrogens with one attached hydrogen (secondary N) is 2. The number of piperazine rings is 1. The Morgan fingerprint density at radius 3 is 2.61 bits per heavy atom. The van der Waals surface area contributed by atoms with E-state index in [0.717, 1.165) is 30.8 Å². The van der Waals surface area contributed by atoms with Crippen molar-refractivity contribution in [2.24, 2.45) is 0 Å². The largest absolute Gasteiger partial charge is 0.354 e. The fourth-order valence-corrected chi connectivity index (χ4v) is 3.27. The van der Waals surface area contributed by atoms with Gasteiger partial charge >= 0.3 is 0 Å². The molecule has 2 aromatic carbocycles. The number of aromatic nitrogens is 1. The van der Waals surface area contributed by atoms with Crippen LogP contribution in [0.15, 0.2) is 54.6 Å². The van der Waals surface area contributed by atoms with Gasteiger partial charge in [-0.1, -0.05) is 48.5 Å². The summed E-state index contributed by atoms with van der Waals surface area (Å²) in [5, 5.41) is 4.12. The fourth-order valence-electron chi connectivity index (χ4n) is 3.27. The first-order valence-corrected chi connectivity index (χ1v) is 7.95. The summed E-state index contributed by atoms with van der Waals surface area (Å²) >= 11 is 0. The van der Waals surface area contributed by atoms with E-state index in [-0.39, 0.29) is 5.91 Å². The van der Waals surface area contributed by atoms with E-state index in [1.807, 2.05) is 12.1 Å². The summed E-state index contributed by atoms with van der Waals surface area (Å²) in [6.07, 6.45) is 0. The monoisotopic (exact) mass is 305 g/mol. The number of rotatable bonds is 3. The second-order valence-electron chi connectivity index (χ2n) is 5.95. The van der Waals surface area contributed by atoms with Crippen LogP contribution in [-0.4, -0.2) is 35.4 Å². The van der Waals surface area contributed by atoms with Gasteiger partial charge in [0.1, 0.15) is 0 Å². The number of benzene rings is 2. The summed E-state index contributed by atoms with van der Waals surface area (Å²) in [4.78, 5) is 17.4. The van der Waals surface area contributed by atoms with Gasteiger partial charge in [-0.15, -0.1) is 0 Å². The van der Waals surface area contributed by atoms with E-state index in [1.54, 1.807) is 0 Å². The molecule has 116 valence electrons. The van der Waals surface area contributed by atoms with Crippen molar-refractivity contribution < 1.29 is 4.79 Å². The predicted octanol–water partition coefficient (Wildman–Crippen LogP) is 2.77. The Hall–Kier alpha value is -2.59. The maximum Gasteiger partial charge on any atom is 0.234 e. The molecule has 3 aromatic rings. The molecule has 4 rings (SSSR count). The number of hydrogen-bond acceptors (Lipinski definition) is 2. The predicted molar refractivity (Wildman–Crippen MR) is 92.0 cm³/mol. The third-order valence-corrected chi connectivity index (χ3v) is 4.38. The van der Waals surface area contributed by atoms with Crippen LogP contribution in [0.25, 0.3) is 22.2 Å². The minimum absolute atomic E-state index is 0.109. The van der Waals surface area contributed by atoms with Crippen molar-refractivity contribution in [1.29, 1.82) is 0 Å². The van der Waals surface area contributed by atoms with Crippen LogP contribution in [0.2, 0.25) is 0 Å². The van der Waals surface area contributed by atoms with Crippen molar-refractivity contribution in [3.63, 3.8) is 0 Å². The van der Waals surface area contributed by atoms with Gasteiger partial charge < -0.3 is 10.3 Å². The zero-order chi connectivity index (χ0) is 15.6. The van der Waals surface area contributed by atoms with Crippen molar-refractivity contribution in [2.75, 3.05) is 19.6 Å². The standard InChI is InChI=1S/C19H19N3O/c23-18-13-22(11-10-20-18)12-16-15-8-4-5-9-17(15)21-19(16)14-6-2-1-3-7-14/h1-9,21H,10-13H2,(H,20,23). The fraction of sp³-hybridized carbons (Fsp3) is 0.211. The van der Waals surface area contributed by atoms with Crippen molar-refractivity contribution >= 4 is 16.8 Å². The highest BCUT2D eigenvalue weighted by atomic mass is 16.2. The molecule has 1 fully saturated rings. The Morgan fingerprint density at radius 2 is 1.78 bits per heavy atom. The van der Waals surface area contributed by atoms with E-state index in [1.165, 1.54) is 16.5 Å². The normalized spacial score (nSPS) is 15.7. The number of hydrogen-bond donors (Lipinski definition) is 2. The molecule has 1 aliphatic rings. The molecule has 0 spiro atoms. The first-order chi connectivity index (χ1) is 11.3. The zero-order valence-electron chi connectivity index (χ0n) is 12.9. The van der Waals surface area contributed by atoms with Crippen LogP contribution < -0.4 is 5.32 Å². The van der Waals surface area contributed by atoms with Gasteiger partial charge in [0.05, 0.1) is 12.2 Å². The maximum atomic E-state index is 11.7. The first-order valence-electron chi connectivity index (χ1n) is 7.95. The van der Waals surface area contributed by atoms with E-state index >= 15 is 0 Å². The van der Waals surface area contributed by atoms with Crippen LogP contribution in [0.1, 0.15) is 5.56 Å². The molecular formula is C19H19N3O. The van der Waals surface area contributed by atoms with Crippen LogP contribution in [0.5, 0.6) is 0 Å². The second-order valence-corrected chi connectivity index (χ2v) is 5.95. The van der Waals surface area contributed by atoms with Crippen LogP contribution in [0.4, 0.5) is 0 Å². The number of aromatic amines is 1. The van der Waals surface area contributed by atoms with Gasteiger partial charge in [0, 0.05) is 30.5 Å². The third kappa shape index (κ3) is 2.73. The van der Waals surface area contributed by atoms with Gasteiger partial charge in [0.15, 0.2) is 0 Å². The Bertz CT molecular complexity index is 838. The SMILES string of the molecule is O=C1CN(Cc2c(-c3ccccc3)[nH]c3ccccc23)CCN1. The molecule has 0 bridgehead atoms. The second kappa shape index (κ2) is 5.89. The summed E-state index contributed by atoms with van der Waals surface area (Å²) < 4.78 is 0. The number of fused-ring (bicyclic) bond motifs is 1. The Morgan fingerprint density at radius 1 is 1.00 bits per heavy atom. The molecule has 0 aliphatic carbocycles. The van der Waals surface area contributed by atoms with Crippen molar-refractivity contribution in [2.45, 2.75) is 6.54 Å². The highest BCUT2D eigenvalue weighted by molar-refractivity contribution is 5.90. The molecule has 4 heteroatoms. The van der Waals surface area contributed by atoms with E-state index in [4.69, 9.17) is 0 Å². The number of para-hydroxylation sites is 1. The third-order valence-electron chi connectivity index (χ3n) is 4.38. The van der Waals surface area contributed by atoms with Gasteiger partial charge in [-0.2, -0.15) is 0 Å². The summed E-state index contributed by atoms with van der Waals surface area (Å²) in [6, 6.07) is 18.8. The summed E-state index contributed by atoms with van der Waals surface area (Å²) in [6.45, 7) is 2.86. The highest BCUT2D eigenvalue weighted by Gasteiger charge is 2.20. The Labute approximate surface area is 135 Å². The molecule has 2 heterocycles. The molecule has 1 amide bonds. The smallest absolute Gasteiger partial charge is 0.234 e. The molecule has 4 nitrogen and oxygen atoms in total. The van der Waals surface area contributed by atoms with E-state index in [0.29, 0.717) is 6.54 Å². The number of nitrogens with zero attached hydrogens (tertiary/aromatic N) is 1. The maximum absolute atomic E-state index is 11.7. The van der Waals surface area contributed by atoms with Gasteiger partial charge in [-0.25, -0.2) is 0 Å². The van der Waals surface area contributed by atoms with Crippen LogP contribution in [0.3, 0.4) is 0 Å². The van der Waals surface area contributed by atoms with Crippen molar-refractivity contribution in [1.82, 2.24) is 15.2 Å². The molecular weight excluding hydrogens is 286 g/mol. The van der Waals surface area contributed by atoms with E-state index in [2.05, 4.69) is 57.7 Å². The number of carbonyl (C=O) groups is 1. The minimum Gasteiger partial charge on any atom is -0.354 e. The average molecular weight is 305 g/mol. The summed E-state index contributed by atoms with van der Waals surface area (Å²) in [5.41, 5.74) is 4.74. The lowest BCUT2D eigenvalue weighted by atomic mass is 10.0. The average Bonchev–Trinajstić information content (AvgIpc) is 2.95. The lowest BCUT2D eigenvalue weighted by molar-refractivity contribution is -0.124. The van der Waals surface area contributed by atoms with Crippen LogP contribution in [0, 0.1) is 0 Å². The molecule has 1 aliphatic heterocycles. The quantitative estimate of drug-likeness (QED) is 0.781. The molecule has 23 heavy (non-hydrogen) atoms. The first kappa shape index (κ1) is 14.0. The van der Waals surface area contributed by atoms with Gasteiger partial charge in [-0.3, -0.25) is 9.69 Å². The molecule has 0 unspecified atom stereocenters. The number of amides is 1. The Kier molecular flexibility index (Phi) is 3.60. The van der Waals surface area contributed by atoms with Crippen molar-refractivity contribution in [3.8, 4) is 11.3 Å². The van der Waals surface area contributed by atoms with E-state index < -0.39 is 0 Å². The topological polar surface area (TPSA) is 48.1 Å². The van der Waals surface area contributed by atoms with Gasteiger partial charge in [-0.05, 0) is 17.2 Å².